The van der Waals surface area contributed by atoms with Crippen LogP contribution in [0.1, 0.15) is 43.0 Å². The van der Waals surface area contributed by atoms with Gasteiger partial charge in [0.25, 0.3) is 0 Å². The molecule has 22 heavy (non-hydrogen) atoms. The molecule has 0 saturated carbocycles. The molecule has 3 aromatic rings. The minimum absolute atomic E-state index is 0.0919. The number of aromatic nitrogens is 2. The molecule has 4 heteroatoms. The van der Waals surface area contributed by atoms with Crippen LogP contribution in [0.15, 0.2) is 35.8 Å². The maximum Gasteiger partial charge on any atom is 0.0975 e. The highest BCUT2D eigenvalue weighted by Crippen LogP contribution is 2.30. The van der Waals surface area contributed by atoms with Gasteiger partial charge >= 0.3 is 0 Å². The van der Waals surface area contributed by atoms with Crippen molar-refractivity contribution in [3.8, 4) is 0 Å². The Kier molecular flexibility index (Phi) is 4.06. The lowest BCUT2D eigenvalue weighted by atomic mass is 9.93. The maximum atomic E-state index is 6.04. The second-order valence-electron chi connectivity index (χ2n) is 6.82. The number of hydrogen-bond acceptors (Lipinski definition) is 3. The summed E-state index contributed by atoms with van der Waals surface area (Å²) < 4.78 is 0. The van der Waals surface area contributed by atoms with Gasteiger partial charge in [-0.25, -0.2) is 4.98 Å². The minimum atomic E-state index is 0.0919. The van der Waals surface area contributed by atoms with Crippen molar-refractivity contribution < 1.29 is 0 Å². The molecular formula is C18H23N3S. The first kappa shape index (κ1) is 15.3. The van der Waals surface area contributed by atoms with Crippen LogP contribution in [0.4, 0.5) is 0 Å². The summed E-state index contributed by atoms with van der Waals surface area (Å²) in [6.07, 6.45) is 3.03. The summed E-state index contributed by atoms with van der Waals surface area (Å²) in [6.45, 7) is 7.21. The Balaban J connectivity index is 1.87. The van der Waals surface area contributed by atoms with Crippen LogP contribution < -0.4 is 5.73 Å². The molecule has 0 radical (unpaired) electrons. The zero-order valence-corrected chi connectivity index (χ0v) is 14.2. The predicted octanol–water partition coefficient (Wildman–Crippen LogP) is 4.21. The molecule has 2 heterocycles. The summed E-state index contributed by atoms with van der Waals surface area (Å²) in [5.74, 6) is 0.278. The predicted molar refractivity (Wildman–Crippen MR) is 94.6 cm³/mol. The average molecular weight is 313 g/mol. The Bertz CT molecular complexity index is 764. The van der Waals surface area contributed by atoms with Crippen molar-refractivity contribution in [3.05, 3.63) is 52.1 Å². The van der Waals surface area contributed by atoms with Gasteiger partial charge in [-0.15, -0.1) is 11.3 Å². The third-order valence-corrected chi connectivity index (χ3v) is 5.07. The Morgan fingerprint density at radius 2 is 2.05 bits per heavy atom. The van der Waals surface area contributed by atoms with Crippen molar-refractivity contribution in [1.82, 2.24) is 9.97 Å². The standard InChI is InChI=1S/C18H23N3S/c1-18(2,3)16-11-22-17(21-16)12(9-19)8-13-10-20-15-7-5-4-6-14(13)15/h4-7,10-12,20H,8-9,19H2,1-3H3. The molecule has 0 fully saturated rings. The number of thiazole rings is 1. The van der Waals surface area contributed by atoms with E-state index in [1.54, 1.807) is 11.3 Å². The van der Waals surface area contributed by atoms with Crippen LogP contribution in [-0.2, 0) is 11.8 Å². The van der Waals surface area contributed by atoms with Gasteiger partial charge in [-0.1, -0.05) is 39.0 Å². The third kappa shape index (κ3) is 2.94. The molecule has 0 aliphatic heterocycles. The number of nitrogens with two attached hydrogens (primary N) is 1. The van der Waals surface area contributed by atoms with Gasteiger partial charge in [0.05, 0.1) is 10.7 Å². The summed E-state index contributed by atoms with van der Waals surface area (Å²) >= 11 is 1.74. The van der Waals surface area contributed by atoms with Crippen molar-refractivity contribution >= 4 is 22.2 Å². The lowest BCUT2D eigenvalue weighted by Gasteiger charge is -2.15. The quantitative estimate of drug-likeness (QED) is 0.758. The highest BCUT2D eigenvalue weighted by Gasteiger charge is 2.21. The number of benzene rings is 1. The minimum Gasteiger partial charge on any atom is -0.361 e. The molecule has 3 nitrogen and oxygen atoms in total. The molecule has 1 unspecified atom stereocenters. The molecule has 3 N–H and O–H groups in total. The second kappa shape index (κ2) is 5.86. The fourth-order valence-electron chi connectivity index (χ4n) is 2.66. The van der Waals surface area contributed by atoms with Gasteiger partial charge in [-0.05, 0) is 18.1 Å². The Labute approximate surface area is 135 Å². The van der Waals surface area contributed by atoms with Gasteiger partial charge < -0.3 is 10.7 Å². The van der Waals surface area contributed by atoms with Crippen LogP contribution in [0.3, 0.4) is 0 Å². The number of aromatic amines is 1. The Morgan fingerprint density at radius 1 is 1.27 bits per heavy atom. The van der Waals surface area contributed by atoms with Gasteiger partial charge in [0, 0.05) is 40.4 Å². The number of hydrogen-bond donors (Lipinski definition) is 2. The van der Waals surface area contributed by atoms with E-state index in [4.69, 9.17) is 10.7 Å². The molecule has 2 aromatic heterocycles. The second-order valence-corrected chi connectivity index (χ2v) is 7.71. The molecule has 3 rings (SSSR count). The SMILES string of the molecule is CC(C)(C)c1csc(C(CN)Cc2c[nH]c3ccccc23)n1. The monoisotopic (exact) mass is 313 g/mol. The molecular weight excluding hydrogens is 290 g/mol. The van der Waals surface area contributed by atoms with Crippen LogP contribution in [0.5, 0.6) is 0 Å². The summed E-state index contributed by atoms with van der Waals surface area (Å²) in [5, 5.41) is 4.61. The zero-order chi connectivity index (χ0) is 15.7. The van der Waals surface area contributed by atoms with E-state index in [0.29, 0.717) is 6.54 Å². The van der Waals surface area contributed by atoms with Crippen molar-refractivity contribution in [2.45, 2.75) is 38.5 Å². The van der Waals surface area contributed by atoms with E-state index in [9.17, 15) is 0 Å². The number of nitrogens with one attached hydrogen (secondary N) is 1. The number of para-hydroxylation sites is 1. The molecule has 1 aromatic carbocycles. The van der Waals surface area contributed by atoms with Gasteiger partial charge in [0.15, 0.2) is 0 Å². The molecule has 0 aliphatic carbocycles. The van der Waals surface area contributed by atoms with Crippen LogP contribution in [0, 0.1) is 0 Å². The van der Waals surface area contributed by atoms with Crippen molar-refractivity contribution in [3.63, 3.8) is 0 Å². The van der Waals surface area contributed by atoms with Crippen molar-refractivity contribution in [1.29, 1.82) is 0 Å². The summed E-state index contributed by atoms with van der Waals surface area (Å²) in [7, 11) is 0. The molecule has 0 bridgehead atoms. The fourth-order valence-corrected chi connectivity index (χ4v) is 3.82. The highest BCUT2D eigenvalue weighted by molar-refractivity contribution is 7.09. The average Bonchev–Trinajstić information content (AvgIpc) is 3.11. The molecule has 0 amide bonds. The van der Waals surface area contributed by atoms with E-state index in [0.717, 1.165) is 17.1 Å². The molecule has 0 spiro atoms. The van der Waals surface area contributed by atoms with Crippen LogP contribution in [-0.4, -0.2) is 16.5 Å². The summed E-state index contributed by atoms with van der Waals surface area (Å²) in [4.78, 5) is 8.18. The van der Waals surface area contributed by atoms with Crippen molar-refractivity contribution in [2.75, 3.05) is 6.54 Å². The van der Waals surface area contributed by atoms with Gasteiger partial charge in [0.1, 0.15) is 0 Å². The fraction of sp³-hybridized carbons (Fsp3) is 0.389. The van der Waals surface area contributed by atoms with Crippen LogP contribution in [0.25, 0.3) is 10.9 Å². The number of rotatable bonds is 4. The Morgan fingerprint density at radius 3 is 2.73 bits per heavy atom. The molecule has 0 saturated heterocycles. The first-order valence-corrected chi connectivity index (χ1v) is 8.58. The smallest absolute Gasteiger partial charge is 0.0975 e. The van der Waals surface area contributed by atoms with E-state index in [-0.39, 0.29) is 11.3 Å². The van der Waals surface area contributed by atoms with E-state index in [1.165, 1.54) is 16.5 Å². The van der Waals surface area contributed by atoms with E-state index < -0.39 is 0 Å². The molecule has 1 atom stereocenters. The topological polar surface area (TPSA) is 54.7 Å². The van der Waals surface area contributed by atoms with Crippen molar-refractivity contribution in [2.24, 2.45) is 5.73 Å². The summed E-state index contributed by atoms with van der Waals surface area (Å²) in [5.41, 5.74) is 9.79. The largest absolute Gasteiger partial charge is 0.361 e. The van der Waals surface area contributed by atoms with E-state index >= 15 is 0 Å². The lowest BCUT2D eigenvalue weighted by molar-refractivity contribution is 0.566. The molecule has 116 valence electrons. The molecule has 0 aliphatic rings. The normalized spacial score (nSPS) is 13.6. The number of H-pyrrole nitrogens is 1. The first-order chi connectivity index (χ1) is 10.5. The number of nitrogens with zero attached hydrogens (tertiary/aromatic N) is 1. The summed E-state index contributed by atoms with van der Waals surface area (Å²) in [6, 6.07) is 8.41. The highest BCUT2D eigenvalue weighted by atomic mass is 32.1. The first-order valence-electron chi connectivity index (χ1n) is 7.70. The van der Waals surface area contributed by atoms with Gasteiger partial charge in [0.2, 0.25) is 0 Å². The van der Waals surface area contributed by atoms with Crippen LogP contribution in [0.2, 0.25) is 0 Å². The number of fused-ring (bicyclic) bond motifs is 1. The van der Waals surface area contributed by atoms with E-state index in [2.05, 4.69) is 61.6 Å². The van der Waals surface area contributed by atoms with Gasteiger partial charge in [-0.2, -0.15) is 0 Å². The van der Waals surface area contributed by atoms with Gasteiger partial charge in [-0.3, -0.25) is 0 Å². The lowest BCUT2D eigenvalue weighted by Crippen LogP contribution is -2.16. The maximum absolute atomic E-state index is 6.04. The van der Waals surface area contributed by atoms with Crippen LogP contribution >= 0.6 is 11.3 Å². The third-order valence-electron chi connectivity index (χ3n) is 4.07. The van der Waals surface area contributed by atoms with E-state index in [1.807, 2.05) is 0 Å². The zero-order valence-electron chi connectivity index (χ0n) is 13.4. The Hall–Kier alpha value is -1.65.